The quantitative estimate of drug-likeness (QED) is 0.135. The van der Waals surface area contributed by atoms with Gasteiger partial charge in [0, 0.05) is 38.9 Å². The number of benzene rings is 13. The van der Waals surface area contributed by atoms with Crippen LogP contribution in [0.4, 0.5) is 17.1 Å². The zero-order valence-electron chi connectivity index (χ0n) is 45.8. The summed E-state index contributed by atoms with van der Waals surface area (Å²) < 4.78 is 6.90. The molecule has 2 nitrogen and oxygen atoms in total. The van der Waals surface area contributed by atoms with Crippen LogP contribution in [-0.2, 0) is 10.8 Å². The highest BCUT2D eigenvalue weighted by molar-refractivity contribution is 6.07. The van der Waals surface area contributed by atoms with Crippen molar-refractivity contribution in [2.45, 2.75) is 24.7 Å². The molecule has 13 aromatic rings. The Morgan fingerprint density at radius 3 is 1.23 bits per heavy atom. The van der Waals surface area contributed by atoms with Gasteiger partial charge in [-0.2, -0.15) is 0 Å². The fourth-order valence-electron chi connectivity index (χ4n) is 13.4. The van der Waals surface area contributed by atoms with Crippen molar-refractivity contribution in [3.63, 3.8) is 0 Å². The van der Waals surface area contributed by atoms with Gasteiger partial charge in [-0.05, 0) is 137 Å². The molecule has 0 fully saturated rings. The third kappa shape index (κ3) is 8.01. The van der Waals surface area contributed by atoms with Crippen LogP contribution < -0.4 is 9.64 Å². The van der Waals surface area contributed by atoms with Gasteiger partial charge in [-0.15, -0.1) is 0 Å². The lowest BCUT2D eigenvalue weighted by Gasteiger charge is -2.35. The second kappa shape index (κ2) is 19.8. The molecule has 0 N–H and O–H groups in total. The summed E-state index contributed by atoms with van der Waals surface area (Å²) in [4.78, 5) is 2.42. The first-order valence-corrected chi connectivity index (χ1v) is 28.5. The average molecular weight is 1050 g/mol. The summed E-state index contributed by atoms with van der Waals surface area (Å²) in [5.74, 6) is 1.83. The van der Waals surface area contributed by atoms with Gasteiger partial charge in [-0.25, -0.2) is 0 Å². The number of rotatable bonds is 10. The van der Waals surface area contributed by atoms with E-state index in [4.69, 9.17) is 4.74 Å². The second-order valence-corrected chi connectivity index (χ2v) is 22.3. The molecule has 1 aliphatic heterocycles. The Balaban J connectivity index is 0.859. The van der Waals surface area contributed by atoms with E-state index in [9.17, 15) is 0 Å². The Kier molecular flexibility index (Phi) is 11.8. The molecule has 2 heteroatoms. The lowest BCUT2D eigenvalue weighted by Crippen LogP contribution is -2.28. The Morgan fingerprint density at radius 1 is 0.280 bits per heavy atom. The molecule has 2 aliphatic rings. The van der Waals surface area contributed by atoms with Crippen LogP contribution >= 0.6 is 0 Å². The highest BCUT2D eigenvalue weighted by Crippen LogP contribution is 2.58. The lowest BCUT2D eigenvalue weighted by atomic mass is 9.67. The van der Waals surface area contributed by atoms with Gasteiger partial charge in [0.05, 0.1) is 11.1 Å². The van der Waals surface area contributed by atoms with E-state index in [2.05, 4.69) is 328 Å². The van der Waals surface area contributed by atoms with Crippen LogP contribution in [0.5, 0.6) is 11.5 Å². The lowest BCUT2D eigenvalue weighted by molar-refractivity contribution is 0.419. The molecule has 1 heterocycles. The molecule has 0 amide bonds. The number of fused-ring (bicyclic) bond motifs is 6. The predicted octanol–water partition coefficient (Wildman–Crippen LogP) is 21.4. The molecule has 388 valence electrons. The molecule has 0 aromatic heterocycles. The molecule has 0 saturated heterocycles. The number of hydrogen-bond donors (Lipinski definition) is 0. The molecule has 0 unspecified atom stereocenters. The standard InChI is InChI=1S/C80H57NO/c1-79(2)72-31-17-18-33-77(72)82-78-71(30-19-32-73(78)79)67-50-51-76(70-29-16-15-28-66(67)70)81(64-44-38-58(39-45-64)57-36-34-56(35-37-57)54-20-7-3-8-21-54)65-46-40-59(41-47-65)61-43-49-69-68-48-42-60(55-22-9-4-10-23-55)52-74(68)80(75(69)53-61,62-24-11-5-12-25-62)63-26-13-6-14-27-63/h3-53H,1-2H3. The minimum atomic E-state index is -0.556. The Bertz CT molecular complexity index is 4470. The van der Waals surface area contributed by atoms with E-state index in [1.54, 1.807) is 0 Å². The van der Waals surface area contributed by atoms with Crippen molar-refractivity contribution >= 4 is 27.8 Å². The van der Waals surface area contributed by atoms with Crippen LogP contribution in [0.2, 0.25) is 0 Å². The molecule has 0 radical (unpaired) electrons. The molecular formula is C80H57NO. The minimum Gasteiger partial charge on any atom is -0.456 e. The maximum absolute atomic E-state index is 6.90. The highest BCUT2D eigenvalue weighted by atomic mass is 16.5. The summed E-state index contributed by atoms with van der Waals surface area (Å²) in [5.41, 5.74) is 24.1. The first-order chi connectivity index (χ1) is 40.4. The van der Waals surface area contributed by atoms with Crippen LogP contribution in [0, 0.1) is 0 Å². The zero-order chi connectivity index (χ0) is 54.8. The number of ether oxygens (including phenoxy) is 1. The van der Waals surface area contributed by atoms with E-state index in [0.717, 1.165) is 61.6 Å². The highest BCUT2D eigenvalue weighted by Gasteiger charge is 2.46. The van der Waals surface area contributed by atoms with Crippen molar-refractivity contribution in [1.82, 2.24) is 0 Å². The van der Waals surface area contributed by atoms with E-state index in [1.165, 1.54) is 77.9 Å². The first-order valence-electron chi connectivity index (χ1n) is 28.5. The van der Waals surface area contributed by atoms with Crippen LogP contribution in [0.25, 0.3) is 77.5 Å². The van der Waals surface area contributed by atoms with E-state index < -0.39 is 5.41 Å². The summed E-state index contributed by atoms with van der Waals surface area (Å²) >= 11 is 0. The largest absolute Gasteiger partial charge is 0.456 e. The minimum absolute atomic E-state index is 0.237. The molecule has 0 atom stereocenters. The number of nitrogens with zero attached hydrogens (tertiary/aromatic N) is 1. The molecule has 0 saturated carbocycles. The van der Waals surface area contributed by atoms with Crippen LogP contribution in [-0.4, -0.2) is 0 Å². The zero-order valence-corrected chi connectivity index (χ0v) is 45.8. The van der Waals surface area contributed by atoms with Crippen molar-refractivity contribution < 1.29 is 4.74 Å². The van der Waals surface area contributed by atoms with Crippen molar-refractivity contribution in [2.75, 3.05) is 4.90 Å². The Labute approximate surface area is 480 Å². The van der Waals surface area contributed by atoms with Crippen LogP contribution in [0.1, 0.15) is 47.2 Å². The maximum Gasteiger partial charge on any atom is 0.139 e. The van der Waals surface area contributed by atoms with Crippen LogP contribution in [0.3, 0.4) is 0 Å². The summed E-state index contributed by atoms with van der Waals surface area (Å²) in [6.07, 6.45) is 0. The van der Waals surface area contributed by atoms with Crippen LogP contribution in [0.15, 0.2) is 309 Å². The summed E-state index contributed by atoms with van der Waals surface area (Å²) in [7, 11) is 0. The predicted molar refractivity (Wildman–Crippen MR) is 342 cm³/mol. The van der Waals surface area contributed by atoms with Gasteiger partial charge in [0.15, 0.2) is 0 Å². The van der Waals surface area contributed by atoms with E-state index in [-0.39, 0.29) is 5.41 Å². The monoisotopic (exact) mass is 1050 g/mol. The van der Waals surface area contributed by atoms with Crippen molar-refractivity contribution in [2.24, 2.45) is 0 Å². The third-order valence-electron chi connectivity index (χ3n) is 17.5. The summed E-state index contributed by atoms with van der Waals surface area (Å²) in [5, 5.41) is 2.30. The summed E-state index contributed by atoms with van der Waals surface area (Å²) in [6, 6.07) is 114. The Morgan fingerprint density at radius 2 is 0.683 bits per heavy atom. The van der Waals surface area contributed by atoms with Gasteiger partial charge in [0.1, 0.15) is 11.5 Å². The maximum atomic E-state index is 6.90. The number of anilines is 3. The van der Waals surface area contributed by atoms with Gasteiger partial charge >= 0.3 is 0 Å². The topological polar surface area (TPSA) is 12.5 Å². The van der Waals surface area contributed by atoms with Gasteiger partial charge in [0.2, 0.25) is 0 Å². The number of hydrogen-bond acceptors (Lipinski definition) is 2. The molecule has 0 spiro atoms. The molecule has 13 aromatic carbocycles. The van der Waals surface area contributed by atoms with Crippen molar-refractivity contribution in [3.05, 3.63) is 343 Å². The molecule has 0 bridgehead atoms. The van der Waals surface area contributed by atoms with Crippen molar-refractivity contribution in [3.8, 4) is 78.3 Å². The first kappa shape index (κ1) is 48.8. The SMILES string of the molecule is CC1(C)c2ccccc2Oc2c(-c3ccc(N(c4ccc(-c5ccc(-c6ccccc6)cc5)cc4)c4ccc(-c5ccc6c(c5)C(c5ccccc5)(c5ccccc5)c5cc(-c7ccccc7)ccc5-6)cc4)c4ccccc34)cccc21. The number of para-hydroxylation sites is 2. The molecule has 15 rings (SSSR count). The van der Waals surface area contributed by atoms with Gasteiger partial charge in [-0.3, -0.25) is 0 Å². The average Bonchev–Trinajstić information content (AvgIpc) is 2.51. The fraction of sp³-hybridized carbons (Fsp3) is 0.0500. The fourth-order valence-corrected chi connectivity index (χ4v) is 13.4. The Hall–Kier alpha value is -10.3. The second-order valence-electron chi connectivity index (χ2n) is 22.3. The van der Waals surface area contributed by atoms with Gasteiger partial charge in [-0.1, -0.05) is 275 Å². The normalized spacial score (nSPS) is 13.3. The van der Waals surface area contributed by atoms with Crippen molar-refractivity contribution in [1.29, 1.82) is 0 Å². The van der Waals surface area contributed by atoms with Gasteiger partial charge < -0.3 is 9.64 Å². The van der Waals surface area contributed by atoms with Gasteiger partial charge in [0.25, 0.3) is 0 Å². The molecule has 1 aliphatic carbocycles. The smallest absolute Gasteiger partial charge is 0.139 e. The van der Waals surface area contributed by atoms with E-state index in [0.29, 0.717) is 0 Å². The van der Waals surface area contributed by atoms with E-state index in [1.807, 2.05) is 0 Å². The molecular weight excluding hydrogens is 991 g/mol. The van der Waals surface area contributed by atoms with E-state index >= 15 is 0 Å². The summed E-state index contributed by atoms with van der Waals surface area (Å²) in [6.45, 7) is 4.61. The third-order valence-corrected chi connectivity index (χ3v) is 17.5. The molecule has 82 heavy (non-hydrogen) atoms.